The summed E-state index contributed by atoms with van der Waals surface area (Å²) in [5.41, 5.74) is 0.453. The van der Waals surface area contributed by atoms with Gasteiger partial charge in [0.15, 0.2) is 0 Å². The van der Waals surface area contributed by atoms with E-state index in [2.05, 4.69) is 6.07 Å². The Morgan fingerprint density at radius 3 is 1.40 bits per heavy atom. The fraction of sp³-hybridized carbons (Fsp3) is 0.237. The number of benzene rings is 4. The minimum Gasteiger partial charge on any atom is -0.361 e. The van der Waals surface area contributed by atoms with Crippen LogP contribution < -0.4 is 0 Å². The fourth-order valence-corrected chi connectivity index (χ4v) is 7.70. The SMILES string of the molecule is CCOCN1C(=O)c2ccc3c4c(ccc(c24)C1=O)C(=O)N(N1C(=O)c2c(C)cc4c5c(cc(C)c(c25)C1=O)C(=O)N(CC(C#N)CC)C4=O)C3=O. The third-order valence-electron chi connectivity index (χ3n) is 10.2. The van der Waals surface area contributed by atoms with Crippen molar-refractivity contribution in [2.45, 2.75) is 34.1 Å². The largest absolute Gasteiger partial charge is 0.361 e. The van der Waals surface area contributed by atoms with Crippen LogP contribution in [0.5, 0.6) is 0 Å². The van der Waals surface area contributed by atoms with Crippen molar-refractivity contribution < 1.29 is 43.1 Å². The lowest BCUT2D eigenvalue weighted by Crippen LogP contribution is -2.58. The summed E-state index contributed by atoms with van der Waals surface area (Å²) in [4.78, 5) is 114. The molecule has 0 saturated heterocycles. The molecule has 8 amide bonds. The highest BCUT2D eigenvalue weighted by atomic mass is 16.5. The molecule has 4 aliphatic rings. The molecule has 52 heavy (non-hydrogen) atoms. The number of nitrogens with zero attached hydrogens (tertiary/aromatic N) is 5. The van der Waals surface area contributed by atoms with Crippen LogP contribution in [0.3, 0.4) is 0 Å². The molecule has 0 bridgehead atoms. The smallest absolute Gasteiger partial charge is 0.281 e. The highest BCUT2D eigenvalue weighted by Crippen LogP contribution is 2.44. The second-order valence-electron chi connectivity index (χ2n) is 13.0. The number of ether oxygens (including phenoxy) is 1. The lowest BCUT2D eigenvalue weighted by atomic mass is 9.82. The second kappa shape index (κ2) is 11.2. The molecule has 4 aliphatic heterocycles. The van der Waals surface area contributed by atoms with Gasteiger partial charge in [0.25, 0.3) is 47.3 Å². The van der Waals surface area contributed by atoms with Crippen molar-refractivity contribution in [3.63, 3.8) is 0 Å². The number of nitriles is 1. The Morgan fingerprint density at radius 2 is 0.981 bits per heavy atom. The maximum absolute atomic E-state index is 14.5. The van der Waals surface area contributed by atoms with Gasteiger partial charge in [-0.3, -0.25) is 48.2 Å². The Balaban J connectivity index is 1.26. The van der Waals surface area contributed by atoms with Gasteiger partial charge in [-0.1, -0.05) is 6.92 Å². The molecular formula is C38H27N5O9. The van der Waals surface area contributed by atoms with Crippen LogP contribution in [-0.4, -0.2) is 87.0 Å². The molecule has 1 unspecified atom stereocenters. The molecule has 4 aromatic carbocycles. The standard InChI is InChI=1S/C38H27N5O9/c1-5-18(13-39)14-40-33(46)23-11-16(3)25-30-26(17(4)12-24(29(23)30)34(40)47)38(51)43(37(25)50)42-35(48)21-9-7-19-27-20(8-10-22(28(21)27)36(42)49)32(45)41(31(19)44)15-52-6-2/h7-12,18H,5-6,14-15H2,1-4H3. The molecule has 0 saturated carbocycles. The second-order valence-corrected chi connectivity index (χ2v) is 13.0. The van der Waals surface area contributed by atoms with Crippen LogP contribution in [-0.2, 0) is 4.74 Å². The molecule has 0 spiro atoms. The number of hydrogen-bond acceptors (Lipinski definition) is 10. The number of hydrogen-bond donors (Lipinski definition) is 0. The number of amides is 8. The molecule has 14 heteroatoms. The van der Waals surface area contributed by atoms with Crippen LogP contribution in [0.4, 0.5) is 0 Å². The molecule has 0 fully saturated rings. The van der Waals surface area contributed by atoms with Crippen molar-refractivity contribution in [2.24, 2.45) is 5.92 Å². The molecule has 258 valence electrons. The third-order valence-corrected chi connectivity index (χ3v) is 10.2. The van der Waals surface area contributed by atoms with E-state index in [4.69, 9.17) is 4.74 Å². The first kappa shape index (κ1) is 32.6. The van der Waals surface area contributed by atoms with Gasteiger partial charge in [-0.05, 0) is 74.7 Å². The van der Waals surface area contributed by atoms with Crippen LogP contribution in [0.15, 0.2) is 36.4 Å². The first-order valence-corrected chi connectivity index (χ1v) is 16.6. The summed E-state index contributed by atoms with van der Waals surface area (Å²) in [5.74, 6) is -7.41. The Morgan fingerprint density at radius 1 is 0.577 bits per heavy atom. The number of carbonyl (C=O) groups excluding carboxylic acids is 8. The molecule has 4 heterocycles. The predicted octanol–water partition coefficient (Wildman–Crippen LogP) is 4.15. The minimum atomic E-state index is -1.03. The fourth-order valence-electron chi connectivity index (χ4n) is 7.70. The summed E-state index contributed by atoms with van der Waals surface area (Å²) < 4.78 is 5.32. The van der Waals surface area contributed by atoms with Gasteiger partial charge in [0.1, 0.15) is 6.73 Å². The number of aryl methyl sites for hydroxylation is 2. The monoisotopic (exact) mass is 697 g/mol. The molecule has 8 rings (SSSR count). The van der Waals surface area contributed by atoms with E-state index in [1.54, 1.807) is 27.7 Å². The molecule has 0 aromatic heterocycles. The normalized spacial score (nSPS) is 16.9. The van der Waals surface area contributed by atoms with E-state index >= 15 is 0 Å². The van der Waals surface area contributed by atoms with Crippen LogP contribution in [0.25, 0.3) is 21.5 Å². The Kier molecular flexibility index (Phi) is 7.03. The van der Waals surface area contributed by atoms with E-state index in [-0.39, 0.29) is 97.1 Å². The summed E-state index contributed by atoms with van der Waals surface area (Å²) in [6.07, 6.45) is 0.406. The summed E-state index contributed by atoms with van der Waals surface area (Å²) in [7, 11) is 0. The summed E-state index contributed by atoms with van der Waals surface area (Å²) >= 11 is 0. The van der Waals surface area contributed by atoms with Gasteiger partial charge in [0, 0.05) is 57.0 Å². The van der Waals surface area contributed by atoms with Crippen molar-refractivity contribution in [3.8, 4) is 6.07 Å². The van der Waals surface area contributed by atoms with Gasteiger partial charge in [-0.25, -0.2) is 0 Å². The molecule has 0 N–H and O–H groups in total. The quantitative estimate of drug-likeness (QED) is 0.254. The topological polar surface area (TPSA) is 183 Å². The third kappa shape index (κ3) is 4.02. The van der Waals surface area contributed by atoms with E-state index in [9.17, 15) is 43.6 Å². The molecule has 14 nitrogen and oxygen atoms in total. The predicted molar refractivity (Wildman–Crippen MR) is 180 cm³/mol. The van der Waals surface area contributed by atoms with Crippen molar-refractivity contribution in [1.29, 1.82) is 5.26 Å². The molecule has 0 aliphatic carbocycles. The highest BCUT2D eigenvalue weighted by molar-refractivity contribution is 6.37. The van der Waals surface area contributed by atoms with Crippen molar-refractivity contribution >= 4 is 68.8 Å². The highest BCUT2D eigenvalue weighted by Gasteiger charge is 2.49. The van der Waals surface area contributed by atoms with E-state index in [1.807, 2.05) is 0 Å². The van der Waals surface area contributed by atoms with Crippen LogP contribution in [0, 0.1) is 31.1 Å². The maximum atomic E-state index is 14.5. The van der Waals surface area contributed by atoms with Gasteiger partial charge in [0.05, 0.1) is 34.2 Å². The van der Waals surface area contributed by atoms with Crippen LogP contribution in [0.2, 0.25) is 0 Å². The van der Waals surface area contributed by atoms with Gasteiger partial charge >= 0.3 is 0 Å². The molecule has 0 radical (unpaired) electrons. The van der Waals surface area contributed by atoms with Gasteiger partial charge in [-0.2, -0.15) is 15.3 Å². The lowest BCUT2D eigenvalue weighted by Gasteiger charge is -2.39. The maximum Gasteiger partial charge on any atom is 0.281 e. The average molecular weight is 698 g/mol. The summed E-state index contributed by atoms with van der Waals surface area (Å²) in [5, 5.41) is 10.8. The van der Waals surface area contributed by atoms with E-state index in [0.717, 1.165) is 9.80 Å². The lowest BCUT2D eigenvalue weighted by molar-refractivity contribution is 0.00203. The number of imide groups is 4. The zero-order valence-corrected chi connectivity index (χ0v) is 28.3. The van der Waals surface area contributed by atoms with Crippen molar-refractivity contribution in [3.05, 3.63) is 92.0 Å². The van der Waals surface area contributed by atoms with E-state index in [0.29, 0.717) is 16.4 Å². The molecular weight excluding hydrogens is 670 g/mol. The molecule has 1 atom stereocenters. The zero-order valence-electron chi connectivity index (χ0n) is 28.3. The molecule has 4 aromatic rings. The Bertz CT molecular complexity index is 2400. The van der Waals surface area contributed by atoms with E-state index in [1.165, 1.54) is 36.4 Å². The van der Waals surface area contributed by atoms with Gasteiger partial charge in [0.2, 0.25) is 0 Å². The van der Waals surface area contributed by atoms with E-state index < -0.39 is 53.2 Å². The Hall–Kier alpha value is -6.59. The number of hydrazine groups is 1. The average Bonchev–Trinajstić information content (AvgIpc) is 3.12. The summed E-state index contributed by atoms with van der Waals surface area (Å²) in [6, 6.07) is 10.3. The van der Waals surface area contributed by atoms with Crippen molar-refractivity contribution in [2.75, 3.05) is 19.9 Å². The zero-order chi connectivity index (χ0) is 37.1. The summed E-state index contributed by atoms with van der Waals surface area (Å²) in [6.45, 7) is 6.39. The number of rotatable bonds is 7. The van der Waals surface area contributed by atoms with Gasteiger partial charge in [-0.15, -0.1) is 0 Å². The first-order valence-electron chi connectivity index (χ1n) is 16.6. The van der Waals surface area contributed by atoms with Crippen LogP contribution >= 0.6 is 0 Å². The number of carbonyl (C=O) groups is 8. The Labute approximate surface area is 294 Å². The van der Waals surface area contributed by atoms with Crippen molar-refractivity contribution in [1.82, 2.24) is 19.8 Å². The van der Waals surface area contributed by atoms with Crippen LogP contribution in [0.1, 0.15) is 114 Å². The minimum absolute atomic E-state index is 0.0468. The van der Waals surface area contributed by atoms with Gasteiger partial charge < -0.3 is 4.74 Å². The first-order chi connectivity index (χ1) is 24.9.